The molecule has 0 saturated carbocycles. The molecule has 1 heterocycles. The van der Waals surface area contributed by atoms with Crippen molar-refractivity contribution >= 4 is 16.0 Å². The highest BCUT2D eigenvalue weighted by molar-refractivity contribution is 7.92. The summed E-state index contributed by atoms with van der Waals surface area (Å²) in [5.41, 5.74) is 0.699. The van der Waals surface area contributed by atoms with E-state index in [0.717, 1.165) is 6.07 Å². The van der Waals surface area contributed by atoms with Crippen LogP contribution in [0.3, 0.4) is 0 Å². The Morgan fingerprint density at radius 2 is 1.82 bits per heavy atom. The molecule has 3 aromatic rings. The van der Waals surface area contributed by atoms with Gasteiger partial charge in [-0.1, -0.05) is 24.3 Å². The maximum atomic E-state index is 13.2. The molecule has 6 nitrogen and oxygen atoms in total. The van der Waals surface area contributed by atoms with Crippen molar-refractivity contribution in [2.24, 2.45) is 0 Å². The minimum atomic E-state index is -3.95. The number of rotatable bonds is 4. The van der Waals surface area contributed by atoms with Gasteiger partial charge >= 0.3 is 0 Å². The van der Waals surface area contributed by atoms with Gasteiger partial charge in [0.25, 0.3) is 10.0 Å². The summed E-state index contributed by atoms with van der Waals surface area (Å²) in [6, 6.07) is 13.7. The predicted molar refractivity (Wildman–Crippen MR) is 78.6 cm³/mol. The lowest BCUT2D eigenvalue weighted by atomic mass is 10.3. The summed E-state index contributed by atoms with van der Waals surface area (Å²) in [5.74, 6) is -0.608. The average molecular weight is 318 g/mol. The molecule has 112 valence electrons. The summed E-state index contributed by atoms with van der Waals surface area (Å²) in [4.78, 5) is -0.185. The smallest absolute Gasteiger partial charge is 0.264 e. The van der Waals surface area contributed by atoms with Crippen LogP contribution in [0.5, 0.6) is 0 Å². The van der Waals surface area contributed by atoms with Crippen molar-refractivity contribution in [3.63, 3.8) is 0 Å². The van der Waals surface area contributed by atoms with Crippen LogP contribution in [0.25, 0.3) is 5.69 Å². The number of hydrogen-bond donors (Lipinski definition) is 1. The molecule has 0 aliphatic heterocycles. The third-order valence-corrected chi connectivity index (χ3v) is 4.24. The van der Waals surface area contributed by atoms with Gasteiger partial charge in [0.15, 0.2) is 0 Å². The lowest BCUT2D eigenvalue weighted by Crippen LogP contribution is -2.16. The highest BCUT2D eigenvalue weighted by Gasteiger charge is 2.18. The zero-order valence-electron chi connectivity index (χ0n) is 11.2. The van der Waals surface area contributed by atoms with E-state index in [0.29, 0.717) is 5.69 Å². The van der Waals surface area contributed by atoms with Crippen LogP contribution >= 0.6 is 0 Å². The third kappa shape index (κ3) is 2.82. The Bertz CT molecular complexity index is 894. The van der Waals surface area contributed by atoms with Gasteiger partial charge in [-0.2, -0.15) is 0 Å². The van der Waals surface area contributed by atoms with Crippen LogP contribution in [0, 0.1) is 5.82 Å². The largest absolute Gasteiger partial charge is 0.267 e. The van der Waals surface area contributed by atoms with Crippen LogP contribution in [0.2, 0.25) is 0 Å². The van der Waals surface area contributed by atoms with Crippen molar-refractivity contribution in [1.82, 2.24) is 14.8 Å². The van der Waals surface area contributed by atoms with E-state index < -0.39 is 15.8 Å². The standard InChI is InChI=1S/C14H11FN4O2S/c15-11-5-4-8-13(9-11)22(20,21)18-14-17-16-10-19(14)12-6-2-1-3-7-12/h1-10H,(H,17,18). The van der Waals surface area contributed by atoms with Crippen molar-refractivity contribution < 1.29 is 12.8 Å². The summed E-state index contributed by atoms with van der Waals surface area (Å²) in [7, 11) is -3.95. The van der Waals surface area contributed by atoms with Crippen LogP contribution in [-0.4, -0.2) is 23.2 Å². The molecule has 1 aromatic heterocycles. The molecule has 0 saturated heterocycles. The van der Waals surface area contributed by atoms with Crippen LogP contribution in [0.15, 0.2) is 65.8 Å². The second kappa shape index (κ2) is 5.57. The van der Waals surface area contributed by atoms with Crippen molar-refractivity contribution in [1.29, 1.82) is 0 Å². The molecule has 8 heteroatoms. The SMILES string of the molecule is O=S(=O)(Nc1nncn1-c1ccccc1)c1cccc(F)c1. The zero-order chi connectivity index (χ0) is 15.6. The van der Waals surface area contributed by atoms with Gasteiger partial charge in [0.05, 0.1) is 10.6 Å². The Morgan fingerprint density at radius 3 is 2.55 bits per heavy atom. The van der Waals surface area contributed by atoms with Gasteiger partial charge in [-0.15, -0.1) is 10.2 Å². The lowest BCUT2D eigenvalue weighted by molar-refractivity contribution is 0.595. The zero-order valence-corrected chi connectivity index (χ0v) is 12.0. The molecule has 0 unspecified atom stereocenters. The first-order valence-electron chi connectivity index (χ1n) is 6.30. The molecular weight excluding hydrogens is 307 g/mol. The van der Waals surface area contributed by atoms with E-state index in [1.165, 1.54) is 29.1 Å². The van der Waals surface area contributed by atoms with Gasteiger partial charge in [0.2, 0.25) is 5.95 Å². The van der Waals surface area contributed by atoms with Gasteiger partial charge < -0.3 is 0 Å². The molecule has 0 fully saturated rings. The van der Waals surface area contributed by atoms with E-state index >= 15 is 0 Å². The summed E-state index contributed by atoms with van der Waals surface area (Å²) >= 11 is 0. The Labute approximate surface area is 126 Å². The molecule has 2 aromatic carbocycles. The van der Waals surface area contributed by atoms with Crippen LogP contribution in [0.4, 0.5) is 10.3 Å². The molecule has 0 amide bonds. The quantitative estimate of drug-likeness (QED) is 0.800. The van der Waals surface area contributed by atoms with E-state index in [2.05, 4.69) is 14.9 Å². The normalized spacial score (nSPS) is 11.3. The summed E-state index contributed by atoms with van der Waals surface area (Å²) in [6.07, 6.45) is 1.39. The lowest BCUT2D eigenvalue weighted by Gasteiger charge is -2.09. The molecule has 1 N–H and O–H groups in total. The monoisotopic (exact) mass is 318 g/mol. The van der Waals surface area contributed by atoms with Gasteiger partial charge in [-0.3, -0.25) is 4.57 Å². The van der Waals surface area contributed by atoms with E-state index in [1.54, 1.807) is 24.3 Å². The molecule has 0 bridgehead atoms. The Morgan fingerprint density at radius 1 is 1.05 bits per heavy atom. The highest BCUT2D eigenvalue weighted by Crippen LogP contribution is 2.18. The third-order valence-electron chi connectivity index (χ3n) is 2.91. The molecule has 0 spiro atoms. The van der Waals surface area contributed by atoms with Gasteiger partial charge in [-0.05, 0) is 30.3 Å². The first-order chi connectivity index (χ1) is 10.6. The maximum Gasteiger partial charge on any atom is 0.264 e. The van der Waals surface area contributed by atoms with E-state index in [9.17, 15) is 12.8 Å². The predicted octanol–water partition coefficient (Wildman–Crippen LogP) is 2.21. The number of anilines is 1. The van der Waals surface area contributed by atoms with E-state index in [4.69, 9.17) is 0 Å². The number of benzene rings is 2. The minimum absolute atomic E-state index is 0.0236. The van der Waals surface area contributed by atoms with Crippen molar-refractivity contribution in [2.75, 3.05) is 4.72 Å². The summed E-state index contributed by atoms with van der Waals surface area (Å²) in [5, 5.41) is 7.46. The number of nitrogens with zero attached hydrogens (tertiary/aromatic N) is 3. The Hall–Kier alpha value is -2.74. The van der Waals surface area contributed by atoms with Crippen LogP contribution in [-0.2, 0) is 10.0 Å². The Balaban J connectivity index is 1.96. The van der Waals surface area contributed by atoms with E-state index in [1.807, 2.05) is 6.07 Å². The van der Waals surface area contributed by atoms with Gasteiger partial charge in [0, 0.05) is 0 Å². The topological polar surface area (TPSA) is 76.9 Å². The fourth-order valence-electron chi connectivity index (χ4n) is 1.90. The molecule has 22 heavy (non-hydrogen) atoms. The number of nitrogens with one attached hydrogen (secondary N) is 1. The Kier molecular flexibility index (Phi) is 3.60. The van der Waals surface area contributed by atoms with Crippen molar-refractivity contribution in [2.45, 2.75) is 4.90 Å². The van der Waals surface area contributed by atoms with Crippen LogP contribution < -0.4 is 4.72 Å². The first-order valence-corrected chi connectivity index (χ1v) is 7.78. The summed E-state index contributed by atoms with van der Waals surface area (Å²) < 4.78 is 41.5. The molecule has 0 radical (unpaired) electrons. The number of hydrogen-bond acceptors (Lipinski definition) is 4. The molecule has 0 atom stereocenters. The number of aromatic nitrogens is 3. The average Bonchev–Trinajstić information content (AvgIpc) is 2.95. The van der Waals surface area contributed by atoms with Gasteiger partial charge in [-0.25, -0.2) is 17.5 Å². The maximum absolute atomic E-state index is 13.2. The van der Waals surface area contributed by atoms with Gasteiger partial charge in [0.1, 0.15) is 12.1 Å². The number of sulfonamides is 1. The second-order valence-electron chi connectivity index (χ2n) is 4.42. The number of halogens is 1. The summed E-state index contributed by atoms with van der Waals surface area (Å²) in [6.45, 7) is 0. The molecule has 3 rings (SSSR count). The van der Waals surface area contributed by atoms with Crippen LogP contribution in [0.1, 0.15) is 0 Å². The second-order valence-corrected chi connectivity index (χ2v) is 6.11. The first kappa shape index (κ1) is 14.2. The fraction of sp³-hybridized carbons (Fsp3) is 0. The fourth-order valence-corrected chi connectivity index (χ4v) is 2.92. The molecule has 0 aliphatic rings. The van der Waals surface area contributed by atoms with Crippen molar-refractivity contribution in [3.05, 3.63) is 66.7 Å². The number of para-hydroxylation sites is 1. The molecule has 0 aliphatic carbocycles. The molecular formula is C14H11FN4O2S. The highest BCUT2D eigenvalue weighted by atomic mass is 32.2. The van der Waals surface area contributed by atoms with E-state index in [-0.39, 0.29) is 10.8 Å². The minimum Gasteiger partial charge on any atom is -0.267 e. The van der Waals surface area contributed by atoms with Crippen molar-refractivity contribution in [3.8, 4) is 5.69 Å².